The molecule has 3 rings (SSSR count). The van der Waals surface area contributed by atoms with Crippen LogP contribution < -0.4 is 5.32 Å². The highest BCUT2D eigenvalue weighted by molar-refractivity contribution is 9.10. The average Bonchev–Trinajstić information content (AvgIpc) is 2.82. The lowest BCUT2D eigenvalue weighted by Crippen LogP contribution is -1.99. The van der Waals surface area contributed by atoms with E-state index in [1.807, 2.05) is 0 Å². The van der Waals surface area contributed by atoms with Gasteiger partial charge in [0.15, 0.2) is 5.13 Å². The van der Waals surface area contributed by atoms with Crippen molar-refractivity contribution in [1.82, 2.24) is 4.98 Å². The molecule has 1 N–H and O–H groups in total. The Morgan fingerprint density at radius 2 is 2.15 bits per heavy atom. The molecule has 0 saturated carbocycles. The van der Waals surface area contributed by atoms with Crippen LogP contribution in [0.4, 0.5) is 16.5 Å². The van der Waals surface area contributed by atoms with Gasteiger partial charge in [-0.3, -0.25) is 10.1 Å². The normalized spacial score (nSPS) is 13.8. The highest BCUT2D eigenvalue weighted by Crippen LogP contribution is 2.34. The molecule has 0 radical (unpaired) electrons. The van der Waals surface area contributed by atoms with Crippen LogP contribution in [0.5, 0.6) is 0 Å². The number of fused-ring (bicyclic) bond motifs is 1. The van der Waals surface area contributed by atoms with E-state index in [2.05, 4.69) is 26.2 Å². The topological polar surface area (TPSA) is 68.1 Å². The van der Waals surface area contributed by atoms with Crippen molar-refractivity contribution in [3.05, 3.63) is 43.4 Å². The molecule has 20 heavy (non-hydrogen) atoms. The van der Waals surface area contributed by atoms with Gasteiger partial charge < -0.3 is 5.32 Å². The minimum absolute atomic E-state index is 0.0487. The molecule has 0 bridgehead atoms. The summed E-state index contributed by atoms with van der Waals surface area (Å²) >= 11 is 4.85. The smallest absolute Gasteiger partial charge is 0.293 e. The first-order valence-electron chi connectivity index (χ1n) is 6.33. The van der Waals surface area contributed by atoms with Crippen LogP contribution in [0.15, 0.2) is 22.7 Å². The first-order valence-corrected chi connectivity index (χ1v) is 7.94. The van der Waals surface area contributed by atoms with Gasteiger partial charge in [0.05, 0.1) is 10.6 Å². The van der Waals surface area contributed by atoms with E-state index in [1.165, 1.54) is 23.8 Å². The third-order valence-corrected chi connectivity index (χ3v) is 4.81. The van der Waals surface area contributed by atoms with E-state index in [1.54, 1.807) is 23.5 Å². The van der Waals surface area contributed by atoms with Crippen LogP contribution in [-0.4, -0.2) is 9.91 Å². The third-order valence-electron chi connectivity index (χ3n) is 3.24. The van der Waals surface area contributed by atoms with Crippen molar-refractivity contribution in [3.63, 3.8) is 0 Å². The van der Waals surface area contributed by atoms with Crippen LogP contribution in [0.2, 0.25) is 0 Å². The molecule has 104 valence electrons. The molecule has 1 aromatic carbocycles. The average molecular weight is 354 g/mol. The summed E-state index contributed by atoms with van der Waals surface area (Å²) in [6.45, 7) is 0. The van der Waals surface area contributed by atoms with Crippen molar-refractivity contribution in [3.8, 4) is 0 Å². The van der Waals surface area contributed by atoms with E-state index >= 15 is 0 Å². The SMILES string of the molecule is O=[N+]([O-])c1cc(Br)ccc1Nc1nc2c(s1)CCCC2. The molecule has 1 aliphatic carbocycles. The van der Waals surface area contributed by atoms with E-state index in [4.69, 9.17) is 0 Å². The number of nitrogens with zero attached hydrogens (tertiary/aromatic N) is 2. The molecule has 5 nitrogen and oxygen atoms in total. The number of hydrogen-bond donors (Lipinski definition) is 1. The lowest BCUT2D eigenvalue weighted by Gasteiger charge is -2.06. The van der Waals surface area contributed by atoms with Crippen LogP contribution in [-0.2, 0) is 12.8 Å². The second-order valence-electron chi connectivity index (χ2n) is 4.64. The summed E-state index contributed by atoms with van der Waals surface area (Å²) in [5.41, 5.74) is 1.67. The number of aromatic nitrogens is 1. The van der Waals surface area contributed by atoms with E-state index in [0.717, 1.165) is 23.7 Å². The number of thiazole rings is 1. The largest absolute Gasteiger partial charge is 0.326 e. The lowest BCUT2D eigenvalue weighted by molar-refractivity contribution is -0.384. The number of rotatable bonds is 3. The maximum Gasteiger partial charge on any atom is 0.293 e. The minimum Gasteiger partial charge on any atom is -0.326 e. The van der Waals surface area contributed by atoms with E-state index < -0.39 is 0 Å². The molecule has 0 spiro atoms. The molecule has 7 heteroatoms. The van der Waals surface area contributed by atoms with Gasteiger partial charge in [0.25, 0.3) is 5.69 Å². The number of aryl methyl sites for hydroxylation is 2. The molecule has 0 aliphatic heterocycles. The van der Waals surface area contributed by atoms with Crippen molar-refractivity contribution in [1.29, 1.82) is 0 Å². The standard InChI is InChI=1S/C13H12BrN3O2S/c14-8-5-6-9(11(7-8)17(18)19)15-13-16-10-3-1-2-4-12(10)20-13/h5-7H,1-4H2,(H,15,16). The minimum atomic E-state index is -0.388. The number of anilines is 2. The van der Waals surface area contributed by atoms with Crippen molar-refractivity contribution in [2.24, 2.45) is 0 Å². The molecular formula is C13H12BrN3O2S. The van der Waals surface area contributed by atoms with Gasteiger partial charge in [-0.05, 0) is 37.8 Å². The Morgan fingerprint density at radius 1 is 1.35 bits per heavy atom. The zero-order chi connectivity index (χ0) is 14.1. The zero-order valence-corrected chi connectivity index (χ0v) is 13.0. The fourth-order valence-corrected chi connectivity index (χ4v) is 3.69. The highest BCUT2D eigenvalue weighted by atomic mass is 79.9. The van der Waals surface area contributed by atoms with Gasteiger partial charge in [0, 0.05) is 15.4 Å². The molecule has 1 heterocycles. The van der Waals surface area contributed by atoms with Gasteiger partial charge in [0.1, 0.15) is 5.69 Å². The van der Waals surface area contributed by atoms with Crippen LogP contribution in [0, 0.1) is 10.1 Å². The number of nitro benzene ring substituents is 1. The Morgan fingerprint density at radius 3 is 2.90 bits per heavy atom. The summed E-state index contributed by atoms with van der Waals surface area (Å²) in [7, 11) is 0. The number of nitrogens with one attached hydrogen (secondary N) is 1. The quantitative estimate of drug-likeness (QED) is 0.654. The summed E-state index contributed by atoms with van der Waals surface area (Å²) in [4.78, 5) is 16.5. The Labute approximate surface area is 128 Å². The van der Waals surface area contributed by atoms with Crippen molar-refractivity contribution in [2.75, 3.05) is 5.32 Å². The Kier molecular flexibility index (Phi) is 3.71. The van der Waals surface area contributed by atoms with Crippen molar-refractivity contribution < 1.29 is 4.92 Å². The predicted molar refractivity (Wildman–Crippen MR) is 82.8 cm³/mol. The van der Waals surface area contributed by atoms with Crippen molar-refractivity contribution in [2.45, 2.75) is 25.7 Å². The summed E-state index contributed by atoms with van der Waals surface area (Å²) < 4.78 is 0.688. The number of benzene rings is 1. The second-order valence-corrected chi connectivity index (χ2v) is 6.64. The third kappa shape index (κ3) is 2.69. The lowest BCUT2D eigenvalue weighted by atomic mass is 10.0. The van der Waals surface area contributed by atoms with Crippen LogP contribution in [0.3, 0.4) is 0 Å². The number of hydrogen-bond acceptors (Lipinski definition) is 5. The molecule has 0 saturated heterocycles. The molecule has 2 aromatic rings. The first-order chi connectivity index (χ1) is 9.63. The summed E-state index contributed by atoms with van der Waals surface area (Å²) in [5, 5.41) is 14.9. The predicted octanol–water partition coefficient (Wildman–Crippen LogP) is 4.44. The fourth-order valence-electron chi connectivity index (χ4n) is 2.28. The van der Waals surface area contributed by atoms with Gasteiger partial charge in [-0.1, -0.05) is 15.9 Å². The summed E-state index contributed by atoms with van der Waals surface area (Å²) in [6, 6.07) is 4.97. The maximum atomic E-state index is 11.1. The first kappa shape index (κ1) is 13.5. The van der Waals surface area contributed by atoms with Gasteiger partial charge in [-0.2, -0.15) is 0 Å². The molecule has 1 aliphatic rings. The highest BCUT2D eigenvalue weighted by Gasteiger charge is 2.18. The fraction of sp³-hybridized carbons (Fsp3) is 0.308. The maximum absolute atomic E-state index is 11.1. The van der Waals surface area contributed by atoms with E-state index in [-0.39, 0.29) is 10.6 Å². The van der Waals surface area contributed by atoms with Gasteiger partial charge in [-0.25, -0.2) is 4.98 Å². The number of halogens is 1. The molecular weight excluding hydrogens is 342 g/mol. The van der Waals surface area contributed by atoms with E-state index in [0.29, 0.717) is 10.2 Å². The Hall–Kier alpha value is -1.47. The molecule has 0 amide bonds. The van der Waals surface area contributed by atoms with Gasteiger partial charge >= 0.3 is 0 Å². The van der Waals surface area contributed by atoms with E-state index in [9.17, 15) is 10.1 Å². The van der Waals surface area contributed by atoms with Gasteiger partial charge in [-0.15, -0.1) is 11.3 Å². The van der Waals surface area contributed by atoms with Crippen LogP contribution in [0.1, 0.15) is 23.4 Å². The Balaban J connectivity index is 1.91. The van der Waals surface area contributed by atoms with Crippen LogP contribution in [0.25, 0.3) is 0 Å². The van der Waals surface area contributed by atoms with Crippen LogP contribution >= 0.6 is 27.3 Å². The molecule has 1 aromatic heterocycles. The molecule has 0 atom stereocenters. The monoisotopic (exact) mass is 353 g/mol. The number of nitro groups is 1. The van der Waals surface area contributed by atoms with Gasteiger partial charge in [0.2, 0.25) is 0 Å². The van der Waals surface area contributed by atoms with Crippen molar-refractivity contribution >= 4 is 43.8 Å². The Bertz CT molecular complexity index is 648. The zero-order valence-electron chi connectivity index (χ0n) is 10.6. The molecule has 0 fully saturated rings. The summed E-state index contributed by atoms with van der Waals surface area (Å²) in [6.07, 6.45) is 4.45. The second kappa shape index (κ2) is 5.49. The molecule has 0 unspecified atom stereocenters. The summed E-state index contributed by atoms with van der Waals surface area (Å²) in [5.74, 6) is 0.